The highest BCUT2D eigenvalue weighted by molar-refractivity contribution is 5.97. The largest absolute Gasteiger partial charge is 0.506 e. The quantitative estimate of drug-likeness (QED) is 0.200. The van der Waals surface area contributed by atoms with E-state index in [-0.39, 0.29) is 17.5 Å². The Bertz CT molecular complexity index is 1640. The molecule has 202 valence electrons. The highest BCUT2D eigenvalue weighted by Crippen LogP contribution is 2.35. The number of nitrogens with zero attached hydrogens (tertiary/aromatic N) is 1. The average Bonchev–Trinajstić information content (AvgIpc) is 2.95. The number of aryl methyl sites for hydroxylation is 1. The number of rotatable bonds is 8. The second-order valence-corrected chi connectivity index (χ2v) is 10.0. The van der Waals surface area contributed by atoms with Crippen LogP contribution < -0.4 is 0 Å². The maximum absolute atomic E-state index is 13.2. The number of ketones is 1. The first kappa shape index (κ1) is 27.1. The van der Waals surface area contributed by atoms with Gasteiger partial charge in [-0.15, -0.1) is 0 Å². The molecule has 0 saturated carbocycles. The molecule has 1 heterocycles. The molecule has 4 aromatic carbocycles. The van der Waals surface area contributed by atoms with Crippen LogP contribution in [0.1, 0.15) is 57.8 Å². The lowest BCUT2D eigenvalue weighted by Crippen LogP contribution is -2.07. The van der Waals surface area contributed by atoms with Crippen LogP contribution in [0.25, 0.3) is 22.0 Å². The number of hydrogen-bond acceptors (Lipinski definition) is 3. The number of carbonyl (C=O) groups is 1. The predicted octanol–water partition coefficient (Wildman–Crippen LogP) is 9.12. The number of fused-ring (bicyclic) bond motifs is 1. The van der Waals surface area contributed by atoms with Crippen LogP contribution in [-0.4, -0.2) is 15.9 Å². The minimum Gasteiger partial charge on any atom is -0.506 e. The summed E-state index contributed by atoms with van der Waals surface area (Å²) in [6, 6.07) is 27.9. The van der Waals surface area contributed by atoms with E-state index in [1.165, 1.54) is 12.1 Å². The molecule has 0 radical (unpaired) electrons. The SMILES string of the molecule is Cc1ccc(C(CCCC(=O)c2cccc(-c3cc(O)c4ncccc4c3)c2)c2ccc(C(F)(F)F)cc2)cc1. The molecule has 5 aromatic rings. The molecule has 0 amide bonds. The van der Waals surface area contributed by atoms with E-state index in [2.05, 4.69) is 4.98 Å². The van der Waals surface area contributed by atoms with Gasteiger partial charge in [0.1, 0.15) is 11.3 Å². The van der Waals surface area contributed by atoms with Crippen LogP contribution in [-0.2, 0) is 6.18 Å². The summed E-state index contributed by atoms with van der Waals surface area (Å²) < 4.78 is 39.3. The van der Waals surface area contributed by atoms with Crippen molar-refractivity contribution >= 4 is 16.7 Å². The second-order valence-electron chi connectivity index (χ2n) is 10.0. The summed E-state index contributed by atoms with van der Waals surface area (Å²) in [5.41, 5.74) is 4.91. The lowest BCUT2D eigenvalue weighted by Gasteiger charge is -2.19. The molecule has 0 aliphatic rings. The van der Waals surface area contributed by atoms with Crippen molar-refractivity contribution in [2.75, 3.05) is 0 Å². The number of alkyl halides is 3. The fraction of sp³-hybridized carbons (Fsp3) is 0.176. The van der Waals surface area contributed by atoms with Gasteiger partial charge < -0.3 is 5.11 Å². The fourth-order valence-corrected chi connectivity index (χ4v) is 5.05. The molecule has 40 heavy (non-hydrogen) atoms. The first-order chi connectivity index (χ1) is 19.2. The molecule has 3 nitrogen and oxygen atoms in total. The van der Waals surface area contributed by atoms with Gasteiger partial charge in [0.15, 0.2) is 5.78 Å². The molecule has 1 atom stereocenters. The van der Waals surface area contributed by atoms with Crippen molar-refractivity contribution in [1.82, 2.24) is 4.98 Å². The number of hydrogen-bond donors (Lipinski definition) is 1. The Morgan fingerprint density at radius 3 is 2.25 bits per heavy atom. The summed E-state index contributed by atoms with van der Waals surface area (Å²) in [7, 11) is 0. The Morgan fingerprint density at radius 1 is 0.850 bits per heavy atom. The Labute approximate surface area is 231 Å². The minimum atomic E-state index is -4.39. The van der Waals surface area contributed by atoms with Crippen LogP contribution >= 0.6 is 0 Å². The Balaban J connectivity index is 1.32. The third-order valence-corrected chi connectivity index (χ3v) is 7.22. The number of phenols is 1. The van der Waals surface area contributed by atoms with E-state index in [0.717, 1.165) is 45.3 Å². The van der Waals surface area contributed by atoms with Crippen LogP contribution in [0.2, 0.25) is 0 Å². The molecule has 0 aliphatic carbocycles. The highest BCUT2D eigenvalue weighted by atomic mass is 19.4. The molecular formula is C34H28F3NO2. The normalized spacial score (nSPS) is 12.4. The standard InChI is InChI=1S/C34H28F3NO2/c1-22-10-12-23(13-11-22)30(24-14-16-29(17-15-24)34(35,36)37)8-3-9-31(39)26-6-2-5-25(19-26)28-20-27-7-4-18-38-33(27)32(40)21-28/h2,4-7,10-21,30,40H,3,8-9H2,1H3. The van der Waals surface area contributed by atoms with Gasteiger partial charge in [-0.3, -0.25) is 9.78 Å². The monoisotopic (exact) mass is 539 g/mol. The summed E-state index contributed by atoms with van der Waals surface area (Å²) in [6.07, 6.45) is -1.26. The minimum absolute atomic E-state index is 0.0106. The zero-order chi connectivity index (χ0) is 28.3. The van der Waals surface area contributed by atoms with E-state index in [4.69, 9.17) is 0 Å². The van der Waals surface area contributed by atoms with E-state index >= 15 is 0 Å². The summed E-state index contributed by atoms with van der Waals surface area (Å²) >= 11 is 0. The first-order valence-corrected chi connectivity index (χ1v) is 13.1. The number of phenolic OH excluding ortho intramolecular Hbond substituents is 1. The topological polar surface area (TPSA) is 50.2 Å². The molecule has 0 bridgehead atoms. The van der Waals surface area contributed by atoms with Crippen molar-refractivity contribution in [1.29, 1.82) is 0 Å². The van der Waals surface area contributed by atoms with E-state index in [0.29, 0.717) is 30.3 Å². The number of halogens is 3. The molecule has 0 fully saturated rings. The maximum Gasteiger partial charge on any atom is 0.416 e. The van der Waals surface area contributed by atoms with Gasteiger partial charge in [-0.1, -0.05) is 66.2 Å². The molecule has 0 saturated heterocycles. The predicted molar refractivity (Wildman–Crippen MR) is 151 cm³/mol. The van der Waals surface area contributed by atoms with E-state index in [9.17, 15) is 23.1 Å². The van der Waals surface area contributed by atoms with Gasteiger partial charge in [0.05, 0.1) is 5.56 Å². The van der Waals surface area contributed by atoms with Gasteiger partial charge in [0.2, 0.25) is 0 Å². The van der Waals surface area contributed by atoms with Crippen molar-refractivity contribution in [3.8, 4) is 16.9 Å². The third kappa shape index (κ3) is 6.07. The highest BCUT2D eigenvalue weighted by Gasteiger charge is 2.30. The van der Waals surface area contributed by atoms with Gasteiger partial charge in [0.25, 0.3) is 0 Å². The zero-order valence-corrected chi connectivity index (χ0v) is 22.0. The zero-order valence-electron chi connectivity index (χ0n) is 22.0. The number of Topliss-reactive ketones (excluding diaryl/α,β-unsaturated/α-hetero) is 1. The number of aromatic hydroxyl groups is 1. The molecule has 0 aliphatic heterocycles. The first-order valence-electron chi connectivity index (χ1n) is 13.1. The summed E-state index contributed by atoms with van der Waals surface area (Å²) in [4.78, 5) is 17.4. The van der Waals surface area contributed by atoms with Crippen LogP contribution in [0, 0.1) is 6.92 Å². The number of carbonyl (C=O) groups excluding carboxylic acids is 1. The van der Waals surface area contributed by atoms with Crippen molar-refractivity contribution in [2.24, 2.45) is 0 Å². The Hall–Kier alpha value is -4.45. The Morgan fingerprint density at radius 2 is 1.55 bits per heavy atom. The summed E-state index contributed by atoms with van der Waals surface area (Å²) in [5, 5.41) is 11.2. The molecule has 6 heteroatoms. The van der Waals surface area contributed by atoms with Crippen molar-refractivity contribution < 1.29 is 23.1 Å². The third-order valence-electron chi connectivity index (χ3n) is 7.22. The molecular weight excluding hydrogens is 511 g/mol. The molecule has 1 aromatic heterocycles. The van der Waals surface area contributed by atoms with Crippen LogP contribution in [0.4, 0.5) is 13.2 Å². The second kappa shape index (κ2) is 11.3. The fourth-order valence-electron chi connectivity index (χ4n) is 5.05. The molecule has 5 rings (SSSR count). The Kier molecular flexibility index (Phi) is 7.69. The van der Waals surface area contributed by atoms with E-state index in [1.807, 2.05) is 61.5 Å². The molecule has 1 N–H and O–H groups in total. The molecule has 0 spiro atoms. The number of benzene rings is 4. The van der Waals surface area contributed by atoms with Crippen molar-refractivity contribution in [3.05, 3.63) is 131 Å². The van der Waals surface area contributed by atoms with Gasteiger partial charge in [0, 0.05) is 29.5 Å². The number of pyridine rings is 1. The van der Waals surface area contributed by atoms with Crippen LogP contribution in [0.3, 0.4) is 0 Å². The van der Waals surface area contributed by atoms with Crippen molar-refractivity contribution in [2.45, 2.75) is 38.3 Å². The maximum atomic E-state index is 13.2. The lowest BCUT2D eigenvalue weighted by atomic mass is 9.85. The molecule has 1 unspecified atom stereocenters. The smallest absolute Gasteiger partial charge is 0.416 e. The van der Waals surface area contributed by atoms with Crippen LogP contribution in [0.5, 0.6) is 5.75 Å². The van der Waals surface area contributed by atoms with Crippen molar-refractivity contribution in [3.63, 3.8) is 0 Å². The van der Waals surface area contributed by atoms with Gasteiger partial charge in [-0.2, -0.15) is 13.2 Å². The van der Waals surface area contributed by atoms with Crippen LogP contribution in [0.15, 0.2) is 103 Å². The average molecular weight is 540 g/mol. The number of aromatic nitrogens is 1. The van der Waals surface area contributed by atoms with Gasteiger partial charge >= 0.3 is 6.18 Å². The summed E-state index contributed by atoms with van der Waals surface area (Å²) in [6.45, 7) is 1.99. The lowest BCUT2D eigenvalue weighted by molar-refractivity contribution is -0.137. The summed E-state index contributed by atoms with van der Waals surface area (Å²) in [5.74, 6) is -0.0601. The van der Waals surface area contributed by atoms with E-state index in [1.54, 1.807) is 24.4 Å². The van der Waals surface area contributed by atoms with E-state index < -0.39 is 11.7 Å². The van der Waals surface area contributed by atoms with Gasteiger partial charge in [-0.25, -0.2) is 0 Å². The van der Waals surface area contributed by atoms with Gasteiger partial charge in [-0.05, 0) is 78.4 Å².